The molecule has 2 heterocycles. The quantitative estimate of drug-likeness (QED) is 0.603. The lowest BCUT2D eigenvalue weighted by Crippen LogP contribution is -2.24. The summed E-state index contributed by atoms with van der Waals surface area (Å²) in [7, 11) is 1.74. The summed E-state index contributed by atoms with van der Waals surface area (Å²) in [5.74, 6) is -0.152. The molecule has 0 aliphatic heterocycles. The van der Waals surface area contributed by atoms with Gasteiger partial charge >= 0.3 is 5.69 Å². The maximum Gasteiger partial charge on any atom is 0.328 e. The van der Waals surface area contributed by atoms with Gasteiger partial charge in [-0.05, 0) is 36.8 Å². The number of aromatic nitrogens is 3. The van der Waals surface area contributed by atoms with Crippen LogP contribution in [0.25, 0.3) is 21.3 Å². The Labute approximate surface area is 153 Å². The van der Waals surface area contributed by atoms with Gasteiger partial charge in [-0.25, -0.2) is 9.78 Å². The van der Waals surface area contributed by atoms with E-state index in [9.17, 15) is 9.59 Å². The first-order valence-electron chi connectivity index (χ1n) is 8.34. The number of thiazole rings is 1. The first kappa shape index (κ1) is 16.5. The molecule has 0 unspecified atom stereocenters. The maximum absolute atomic E-state index is 12.4. The third kappa shape index (κ3) is 2.90. The molecular formula is C19H18N4O2S. The second-order valence-corrected chi connectivity index (χ2v) is 7.30. The van der Waals surface area contributed by atoms with E-state index >= 15 is 0 Å². The molecule has 7 heteroatoms. The Morgan fingerprint density at radius 2 is 1.96 bits per heavy atom. The standard InChI is InChI=1S/C19H18N4O2S/c1-12-7-8-13-16(11-12)26-18(20-13)21-17(24)9-10-23-15-6-4-3-5-14(15)22(2)19(23)25/h3-8,11H,9-10H2,1-2H3,(H,20,21,24). The predicted octanol–water partition coefficient (Wildman–Crippen LogP) is 3.29. The number of imidazole rings is 1. The van der Waals surface area contributed by atoms with Crippen molar-refractivity contribution >= 4 is 43.6 Å². The summed E-state index contributed by atoms with van der Waals surface area (Å²) < 4.78 is 4.28. The lowest BCUT2D eigenvalue weighted by Gasteiger charge is -2.03. The second kappa shape index (κ2) is 6.42. The Balaban J connectivity index is 1.50. The summed E-state index contributed by atoms with van der Waals surface area (Å²) in [6.07, 6.45) is 0.211. The third-order valence-corrected chi connectivity index (χ3v) is 5.34. The summed E-state index contributed by atoms with van der Waals surface area (Å²) in [4.78, 5) is 29.1. The highest BCUT2D eigenvalue weighted by Gasteiger charge is 2.12. The van der Waals surface area contributed by atoms with E-state index < -0.39 is 0 Å². The number of aryl methyl sites for hydroxylation is 3. The molecule has 0 atom stereocenters. The normalized spacial score (nSPS) is 11.3. The van der Waals surface area contributed by atoms with Crippen LogP contribution in [0.2, 0.25) is 0 Å². The number of nitrogens with one attached hydrogen (secondary N) is 1. The summed E-state index contributed by atoms with van der Waals surface area (Å²) in [5, 5.41) is 3.43. The first-order chi connectivity index (χ1) is 12.5. The van der Waals surface area contributed by atoms with E-state index in [1.165, 1.54) is 11.3 Å². The van der Waals surface area contributed by atoms with Crippen molar-refractivity contribution in [3.8, 4) is 0 Å². The summed E-state index contributed by atoms with van der Waals surface area (Å²) in [6, 6.07) is 13.6. The zero-order valence-corrected chi connectivity index (χ0v) is 15.3. The number of benzene rings is 2. The fourth-order valence-corrected chi connectivity index (χ4v) is 4.04. The molecule has 0 radical (unpaired) electrons. The van der Waals surface area contributed by atoms with Crippen LogP contribution < -0.4 is 11.0 Å². The maximum atomic E-state index is 12.4. The Morgan fingerprint density at radius 3 is 2.77 bits per heavy atom. The van der Waals surface area contributed by atoms with Crippen LogP contribution in [0, 0.1) is 6.92 Å². The zero-order valence-electron chi connectivity index (χ0n) is 14.5. The van der Waals surface area contributed by atoms with Crippen molar-refractivity contribution in [2.45, 2.75) is 19.9 Å². The number of hydrogen-bond donors (Lipinski definition) is 1. The van der Waals surface area contributed by atoms with Gasteiger partial charge in [-0.3, -0.25) is 13.9 Å². The Hall–Kier alpha value is -2.93. The number of carbonyl (C=O) groups is 1. The van der Waals surface area contributed by atoms with Crippen molar-refractivity contribution in [1.29, 1.82) is 0 Å². The van der Waals surface area contributed by atoms with Crippen LogP contribution in [0.3, 0.4) is 0 Å². The molecule has 0 aliphatic carbocycles. The minimum absolute atomic E-state index is 0.116. The Bertz CT molecular complexity index is 1190. The van der Waals surface area contributed by atoms with E-state index in [1.807, 2.05) is 43.3 Å². The smallest absolute Gasteiger partial charge is 0.302 e. The molecule has 0 fully saturated rings. The number of rotatable bonds is 4. The number of anilines is 1. The van der Waals surface area contributed by atoms with Crippen LogP contribution >= 0.6 is 11.3 Å². The van der Waals surface area contributed by atoms with Crippen LogP contribution in [0.4, 0.5) is 5.13 Å². The zero-order chi connectivity index (χ0) is 18.3. The van der Waals surface area contributed by atoms with E-state index in [0.29, 0.717) is 11.7 Å². The molecular weight excluding hydrogens is 348 g/mol. The van der Waals surface area contributed by atoms with Gasteiger partial charge in [-0.15, -0.1) is 0 Å². The molecule has 26 heavy (non-hydrogen) atoms. The topological polar surface area (TPSA) is 68.9 Å². The van der Waals surface area contributed by atoms with E-state index in [2.05, 4.69) is 16.4 Å². The van der Waals surface area contributed by atoms with E-state index in [1.54, 1.807) is 16.2 Å². The van der Waals surface area contributed by atoms with Crippen molar-refractivity contribution in [3.05, 3.63) is 58.5 Å². The molecule has 1 amide bonds. The minimum atomic E-state index is -0.152. The lowest BCUT2D eigenvalue weighted by molar-refractivity contribution is -0.116. The number of para-hydroxylation sites is 2. The molecule has 0 bridgehead atoms. The van der Waals surface area contributed by atoms with Crippen LogP contribution in [-0.4, -0.2) is 20.0 Å². The second-order valence-electron chi connectivity index (χ2n) is 6.27. The molecule has 6 nitrogen and oxygen atoms in total. The summed E-state index contributed by atoms with van der Waals surface area (Å²) in [5.41, 5.74) is 3.62. The number of amides is 1. The van der Waals surface area contributed by atoms with Crippen molar-refractivity contribution in [3.63, 3.8) is 0 Å². The molecule has 2 aromatic heterocycles. The van der Waals surface area contributed by atoms with E-state index in [0.717, 1.165) is 26.8 Å². The fourth-order valence-electron chi connectivity index (χ4n) is 3.06. The van der Waals surface area contributed by atoms with Gasteiger partial charge in [0.05, 0.1) is 21.3 Å². The van der Waals surface area contributed by atoms with Crippen LogP contribution in [0.15, 0.2) is 47.3 Å². The van der Waals surface area contributed by atoms with Crippen LogP contribution in [-0.2, 0) is 18.4 Å². The lowest BCUT2D eigenvalue weighted by atomic mass is 10.2. The van der Waals surface area contributed by atoms with Crippen molar-refractivity contribution < 1.29 is 4.79 Å². The van der Waals surface area contributed by atoms with Crippen molar-refractivity contribution in [1.82, 2.24) is 14.1 Å². The summed E-state index contributed by atoms with van der Waals surface area (Å²) in [6.45, 7) is 2.36. The molecule has 1 N–H and O–H groups in total. The molecule has 0 saturated carbocycles. The van der Waals surface area contributed by atoms with E-state index in [-0.39, 0.29) is 18.0 Å². The largest absolute Gasteiger partial charge is 0.328 e. The molecule has 0 spiro atoms. The number of carbonyl (C=O) groups excluding carboxylic acids is 1. The SMILES string of the molecule is Cc1ccc2nc(NC(=O)CCn3c(=O)n(C)c4ccccc43)sc2c1. The number of hydrogen-bond acceptors (Lipinski definition) is 4. The average molecular weight is 366 g/mol. The van der Waals surface area contributed by atoms with Crippen LogP contribution in [0.1, 0.15) is 12.0 Å². The number of nitrogens with zero attached hydrogens (tertiary/aromatic N) is 3. The molecule has 4 aromatic rings. The van der Waals surface area contributed by atoms with Gasteiger partial charge in [-0.1, -0.05) is 29.5 Å². The Kier molecular flexibility index (Phi) is 4.08. The fraction of sp³-hybridized carbons (Fsp3) is 0.211. The van der Waals surface area contributed by atoms with Gasteiger partial charge < -0.3 is 5.32 Å². The average Bonchev–Trinajstić information content (AvgIpc) is 3.12. The predicted molar refractivity (Wildman–Crippen MR) is 105 cm³/mol. The summed E-state index contributed by atoms with van der Waals surface area (Å²) >= 11 is 1.46. The molecule has 0 aliphatic rings. The minimum Gasteiger partial charge on any atom is -0.302 e. The molecule has 132 valence electrons. The van der Waals surface area contributed by atoms with E-state index in [4.69, 9.17) is 0 Å². The first-order valence-corrected chi connectivity index (χ1v) is 9.16. The van der Waals surface area contributed by atoms with Gasteiger partial charge in [0.15, 0.2) is 5.13 Å². The highest BCUT2D eigenvalue weighted by Crippen LogP contribution is 2.26. The van der Waals surface area contributed by atoms with Gasteiger partial charge in [-0.2, -0.15) is 0 Å². The van der Waals surface area contributed by atoms with Crippen molar-refractivity contribution in [2.75, 3.05) is 5.32 Å². The van der Waals surface area contributed by atoms with Gasteiger partial charge in [0.1, 0.15) is 0 Å². The highest BCUT2D eigenvalue weighted by molar-refractivity contribution is 7.22. The van der Waals surface area contributed by atoms with Gasteiger partial charge in [0.25, 0.3) is 0 Å². The highest BCUT2D eigenvalue weighted by atomic mass is 32.1. The number of fused-ring (bicyclic) bond motifs is 2. The van der Waals surface area contributed by atoms with Crippen molar-refractivity contribution in [2.24, 2.45) is 7.05 Å². The molecule has 4 rings (SSSR count). The van der Waals surface area contributed by atoms with Crippen LogP contribution in [0.5, 0.6) is 0 Å². The van der Waals surface area contributed by atoms with Gasteiger partial charge in [0.2, 0.25) is 5.91 Å². The Morgan fingerprint density at radius 1 is 1.19 bits per heavy atom. The monoisotopic (exact) mass is 366 g/mol. The molecule has 2 aromatic carbocycles. The van der Waals surface area contributed by atoms with Gasteiger partial charge in [0, 0.05) is 20.0 Å². The third-order valence-electron chi connectivity index (χ3n) is 4.40. The molecule has 0 saturated heterocycles.